The van der Waals surface area contributed by atoms with Crippen LogP contribution in [0.15, 0.2) is 40.8 Å². The van der Waals surface area contributed by atoms with Crippen LogP contribution in [-0.2, 0) is 0 Å². The number of hydrogen-bond donors (Lipinski definition) is 2. The van der Waals surface area contributed by atoms with Crippen LogP contribution in [0, 0.1) is 6.92 Å². The predicted molar refractivity (Wildman–Crippen MR) is 94.9 cm³/mol. The van der Waals surface area contributed by atoms with Gasteiger partial charge in [-0.15, -0.1) is 10.2 Å². The van der Waals surface area contributed by atoms with E-state index in [2.05, 4.69) is 10.2 Å². The number of nitrogens with zero attached hydrogens (tertiary/aromatic N) is 2. The Morgan fingerprint density at radius 2 is 1.85 bits per heavy atom. The Morgan fingerprint density at radius 1 is 1.08 bits per heavy atom. The summed E-state index contributed by atoms with van der Waals surface area (Å²) in [6.45, 7) is 2.86. The molecule has 1 atom stereocenters. The van der Waals surface area contributed by atoms with Crippen LogP contribution in [0.3, 0.4) is 0 Å². The smallest absolute Gasteiger partial charge is 0.248 e. The normalized spacial score (nSPS) is 14.3. The quantitative estimate of drug-likeness (QED) is 0.742. The molecule has 0 saturated heterocycles. The number of nitrogens with two attached hydrogens (primary N) is 1. The Morgan fingerprint density at radius 3 is 2.65 bits per heavy atom. The second-order valence-electron chi connectivity index (χ2n) is 6.07. The first kappa shape index (κ1) is 16.6. The van der Waals surface area contributed by atoms with Crippen molar-refractivity contribution in [3.8, 4) is 34.1 Å². The highest BCUT2D eigenvalue weighted by molar-refractivity contribution is 5.76. The zero-order chi connectivity index (χ0) is 18.1. The van der Waals surface area contributed by atoms with Gasteiger partial charge in [-0.05, 0) is 41.8 Å². The largest absolute Gasteiger partial charge is 0.486 e. The van der Waals surface area contributed by atoms with E-state index in [4.69, 9.17) is 24.7 Å². The molecular formula is C19H19N3O4. The molecule has 3 N–H and O–H groups in total. The molecule has 4 rings (SSSR count). The fraction of sp³-hybridized carbons (Fsp3) is 0.263. The first-order chi connectivity index (χ1) is 12.7. The third-order valence-electron chi connectivity index (χ3n) is 4.37. The lowest BCUT2D eigenvalue weighted by Crippen LogP contribution is -2.15. The van der Waals surface area contributed by atoms with E-state index in [1.165, 1.54) is 0 Å². The van der Waals surface area contributed by atoms with E-state index >= 15 is 0 Å². The van der Waals surface area contributed by atoms with Crippen molar-refractivity contribution in [3.63, 3.8) is 0 Å². The monoisotopic (exact) mass is 353 g/mol. The van der Waals surface area contributed by atoms with Crippen molar-refractivity contribution >= 4 is 0 Å². The lowest BCUT2D eigenvalue weighted by Gasteiger charge is -2.19. The third kappa shape index (κ3) is 2.91. The van der Waals surface area contributed by atoms with Gasteiger partial charge in [0.25, 0.3) is 0 Å². The Labute approximate surface area is 150 Å². The average Bonchev–Trinajstić information content (AvgIpc) is 3.17. The van der Waals surface area contributed by atoms with Crippen LogP contribution in [0.4, 0.5) is 0 Å². The summed E-state index contributed by atoms with van der Waals surface area (Å²) in [5.74, 6) is 2.09. The molecule has 0 bridgehead atoms. The summed E-state index contributed by atoms with van der Waals surface area (Å²) in [6.07, 6.45) is 0. The molecule has 0 aliphatic carbocycles. The van der Waals surface area contributed by atoms with Crippen LogP contribution in [0.1, 0.15) is 17.5 Å². The number of aliphatic hydroxyl groups excluding tert-OH is 1. The highest BCUT2D eigenvalue weighted by Crippen LogP contribution is 2.37. The highest BCUT2D eigenvalue weighted by Gasteiger charge is 2.18. The van der Waals surface area contributed by atoms with Crippen LogP contribution in [0.5, 0.6) is 11.5 Å². The molecule has 0 spiro atoms. The van der Waals surface area contributed by atoms with Crippen molar-refractivity contribution in [2.24, 2.45) is 5.73 Å². The van der Waals surface area contributed by atoms with E-state index in [-0.39, 0.29) is 12.5 Å². The van der Waals surface area contributed by atoms with Gasteiger partial charge in [0.2, 0.25) is 11.8 Å². The first-order valence-electron chi connectivity index (χ1n) is 8.37. The van der Waals surface area contributed by atoms with Crippen molar-refractivity contribution in [1.82, 2.24) is 10.2 Å². The fourth-order valence-electron chi connectivity index (χ4n) is 2.96. The topological polar surface area (TPSA) is 104 Å². The lowest BCUT2D eigenvalue weighted by molar-refractivity contribution is 0.171. The van der Waals surface area contributed by atoms with Gasteiger partial charge in [0.05, 0.1) is 6.61 Å². The van der Waals surface area contributed by atoms with Crippen LogP contribution in [0.25, 0.3) is 22.6 Å². The van der Waals surface area contributed by atoms with Crippen molar-refractivity contribution in [2.45, 2.75) is 13.0 Å². The molecule has 0 amide bonds. The Hall–Kier alpha value is -2.90. The molecule has 1 unspecified atom stereocenters. The van der Waals surface area contributed by atoms with Crippen molar-refractivity contribution < 1.29 is 19.0 Å². The molecular weight excluding hydrogens is 334 g/mol. The van der Waals surface area contributed by atoms with Crippen molar-refractivity contribution in [3.05, 3.63) is 47.9 Å². The first-order valence-corrected chi connectivity index (χ1v) is 8.37. The average molecular weight is 353 g/mol. The lowest BCUT2D eigenvalue weighted by atomic mass is 9.96. The van der Waals surface area contributed by atoms with Crippen molar-refractivity contribution in [1.29, 1.82) is 0 Å². The number of fused-ring (bicyclic) bond motifs is 1. The van der Waals surface area contributed by atoms with Gasteiger partial charge in [-0.2, -0.15) is 0 Å². The third-order valence-corrected chi connectivity index (χ3v) is 4.37. The maximum absolute atomic E-state index is 9.14. The minimum Gasteiger partial charge on any atom is -0.486 e. The summed E-state index contributed by atoms with van der Waals surface area (Å²) in [6, 6.07) is 11.1. The maximum atomic E-state index is 9.14. The molecule has 1 aliphatic heterocycles. The number of ether oxygens (including phenoxy) is 2. The zero-order valence-corrected chi connectivity index (χ0v) is 14.3. The Bertz CT molecular complexity index is 938. The summed E-state index contributed by atoms with van der Waals surface area (Å²) in [7, 11) is 0. The summed E-state index contributed by atoms with van der Waals surface area (Å²) in [4.78, 5) is 0. The minimum atomic E-state index is -0.683. The van der Waals surface area contributed by atoms with Gasteiger partial charge in [0.15, 0.2) is 11.5 Å². The molecule has 0 radical (unpaired) electrons. The molecule has 2 aromatic carbocycles. The van der Waals surface area contributed by atoms with Gasteiger partial charge in [-0.1, -0.05) is 18.2 Å². The van der Waals surface area contributed by atoms with Gasteiger partial charge >= 0.3 is 0 Å². The van der Waals surface area contributed by atoms with Gasteiger partial charge in [-0.3, -0.25) is 0 Å². The number of aromatic nitrogens is 2. The van der Waals surface area contributed by atoms with Crippen LogP contribution in [-0.4, -0.2) is 35.1 Å². The highest BCUT2D eigenvalue weighted by atomic mass is 16.6. The molecule has 2 heterocycles. The minimum absolute atomic E-state index is 0.214. The van der Waals surface area contributed by atoms with Gasteiger partial charge < -0.3 is 24.7 Å². The molecule has 7 heteroatoms. The SMILES string of the molecule is Cc1c(-c2ccc3c(c2)OCCO3)cccc1-c1nnc(C(N)CO)o1. The standard InChI is InChI=1S/C19H19N3O4/c1-11-13(12-5-6-16-17(9-12)25-8-7-24-16)3-2-4-14(11)18-21-22-19(26-18)15(20)10-23/h2-6,9,15,23H,7-8,10,20H2,1H3. The van der Waals surface area contributed by atoms with Gasteiger partial charge in [0.1, 0.15) is 19.3 Å². The van der Waals surface area contributed by atoms with Crippen LogP contribution >= 0.6 is 0 Å². The number of aliphatic hydroxyl groups is 1. The zero-order valence-electron chi connectivity index (χ0n) is 14.3. The van der Waals surface area contributed by atoms with E-state index in [1.807, 2.05) is 43.3 Å². The number of rotatable bonds is 4. The second-order valence-corrected chi connectivity index (χ2v) is 6.07. The van der Waals surface area contributed by atoms with Crippen LogP contribution < -0.4 is 15.2 Å². The summed E-state index contributed by atoms with van der Waals surface area (Å²) >= 11 is 0. The Kier molecular flexibility index (Phi) is 4.32. The number of hydrogen-bond acceptors (Lipinski definition) is 7. The predicted octanol–water partition coefficient (Wildman–Crippen LogP) is 2.48. The molecule has 134 valence electrons. The van der Waals surface area contributed by atoms with Crippen LogP contribution in [0.2, 0.25) is 0 Å². The molecule has 7 nitrogen and oxygen atoms in total. The molecule has 3 aromatic rings. The van der Waals surface area contributed by atoms with Crippen molar-refractivity contribution in [2.75, 3.05) is 19.8 Å². The Balaban J connectivity index is 1.73. The maximum Gasteiger partial charge on any atom is 0.248 e. The summed E-state index contributed by atoms with van der Waals surface area (Å²) in [5, 5.41) is 17.1. The van der Waals surface area contributed by atoms with Gasteiger partial charge in [0, 0.05) is 5.56 Å². The van der Waals surface area contributed by atoms with Gasteiger partial charge in [-0.25, -0.2) is 0 Å². The fourth-order valence-corrected chi connectivity index (χ4v) is 2.96. The van der Waals surface area contributed by atoms with E-state index in [1.54, 1.807) is 0 Å². The van der Waals surface area contributed by atoms with E-state index in [0.29, 0.717) is 19.1 Å². The molecule has 0 fully saturated rings. The van der Waals surface area contributed by atoms with E-state index in [0.717, 1.165) is 33.8 Å². The van der Waals surface area contributed by atoms with E-state index < -0.39 is 6.04 Å². The molecule has 0 saturated carbocycles. The second kappa shape index (κ2) is 6.78. The summed E-state index contributed by atoms with van der Waals surface area (Å²) in [5.41, 5.74) is 9.60. The molecule has 26 heavy (non-hydrogen) atoms. The molecule has 1 aromatic heterocycles. The molecule has 1 aliphatic rings. The number of benzene rings is 2. The summed E-state index contributed by atoms with van der Waals surface area (Å²) < 4.78 is 16.9. The van der Waals surface area contributed by atoms with E-state index in [9.17, 15) is 0 Å².